The van der Waals surface area contributed by atoms with Gasteiger partial charge in [0.05, 0.1) is 18.2 Å². The topological polar surface area (TPSA) is 54.5 Å². The summed E-state index contributed by atoms with van der Waals surface area (Å²) < 4.78 is 4.84. The highest BCUT2D eigenvalue weighted by Gasteiger charge is 2.42. The average molecular weight is 350 g/mol. The van der Waals surface area contributed by atoms with Crippen molar-refractivity contribution in [3.8, 4) is 0 Å². The number of hydrogen-bond acceptors (Lipinski definition) is 5. The molecule has 0 radical (unpaired) electrons. The lowest BCUT2D eigenvalue weighted by molar-refractivity contribution is 0.0594. The molecule has 130 valence electrons. The zero-order valence-corrected chi connectivity index (χ0v) is 14.8. The van der Waals surface area contributed by atoms with Crippen molar-refractivity contribution in [2.75, 3.05) is 12.1 Å². The lowest BCUT2D eigenvalue weighted by Gasteiger charge is -2.36. The molecule has 0 saturated heterocycles. The van der Waals surface area contributed by atoms with Crippen molar-refractivity contribution in [1.29, 1.82) is 0 Å². The molecule has 24 heavy (non-hydrogen) atoms. The van der Waals surface area contributed by atoms with E-state index in [2.05, 4.69) is 15.4 Å². The van der Waals surface area contributed by atoms with Crippen LogP contribution in [0.5, 0.6) is 0 Å². The third-order valence-electron chi connectivity index (χ3n) is 5.76. The van der Waals surface area contributed by atoms with Gasteiger partial charge in [-0.25, -0.2) is 15.2 Å². The number of esters is 1. The van der Waals surface area contributed by atoms with Crippen LogP contribution in [0.1, 0.15) is 73.5 Å². The van der Waals surface area contributed by atoms with Gasteiger partial charge >= 0.3 is 5.97 Å². The molecular formula is C18H24ClN3O2. The summed E-state index contributed by atoms with van der Waals surface area (Å²) in [5.74, 6) is 1.02. The minimum Gasteiger partial charge on any atom is -0.464 e. The molecule has 1 N–H and O–H groups in total. The maximum atomic E-state index is 11.9. The molecule has 0 amide bonds. The van der Waals surface area contributed by atoms with Crippen LogP contribution in [0.15, 0.2) is 6.07 Å². The molecule has 3 aliphatic rings. The van der Waals surface area contributed by atoms with Gasteiger partial charge in [0.1, 0.15) is 5.82 Å². The zero-order valence-electron chi connectivity index (χ0n) is 14.1. The molecule has 1 atom stereocenters. The van der Waals surface area contributed by atoms with Crippen molar-refractivity contribution in [2.24, 2.45) is 5.92 Å². The second-order valence-electron chi connectivity index (χ2n) is 7.18. The number of ether oxygens (including phenoxy) is 1. The Morgan fingerprint density at radius 3 is 2.62 bits per heavy atom. The maximum Gasteiger partial charge on any atom is 0.356 e. The Balaban J connectivity index is 1.73. The van der Waals surface area contributed by atoms with Gasteiger partial charge in [0.15, 0.2) is 5.69 Å². The highest BCUT2D eigenvalue weighted by molar-refractivity contribution is 6.32. The van der Waals surface area contributed by atoms with E-state index in [1.165, 1.54) is 45.6 Å². The van der Waals surface area contributed by atoms with Crippen molar-refractivity contribution in [3.63, 3.8) is 0 Å². The van der Waals surface area contributed by atoms with Crippen LogP contribution in [0.4, 0.5) is 5.82 Å². The molecule has 0 aromatic carbocycles. The van der Waals surface area contributed by atoms with Crippen molar-refractivity contribution >= 4 is 23.4 Å². The maximum absolute atomic E-state index is 11.9. The van der Waals surface area contributed by atoms with Gasteiger partial charge in [0.2, 0.25) is 0 Å². The molecule has 1 aromatic rings. The number of fused-ring (bicyclic) bond motifs is 1. The number of pyridine rings is 1. The molecule has 2 fully saturated rings. The SMILES string of the molecule is COC(=O)c1cc(Cl)c2c(n1)N(C1CCCCC1)NC2C1CCC1. The van der Waals surface area contributed by atoms with Crippen LogP contribution in [0.2, 0.25) is 5.02 Å². The number of halogens is 1. The Kier molecular flexibility index (Phi) is 4.39. The molecule has 1 aromatic heterocycles. The van der Waals surface area contributed by atoms with Crippen LogP contribution in [0.25, 0.3) is 0 Å². The van der Waals surface area contributed by atoms with Gasteiger partial charge in [0, 0.05) is 11.6 Å². The van der Waals surface area contributed by atoms with Crippen molar-refractivity contribution in [1.82, 2.24) is 10.4 Å². The number of aromatic nitrogens is 1. The van der Waals surface area contributed by atoms with Gasteiger partial charge in [-0.1, -0.05) is 37.3 Å². The molecule has 4 rings (SSSR count). The monoisotopic (exact) mass is 349 g/mol. The summed E-state index contributed by atoms with van der Waals surface area (Å²) >= 11 is 6.59. The average Bonchev–Trinajstić information content (AvgIpc) is 2.93. The molecule has 2 saturated carbocycles. The number of nitrogens with one attached hydrogen (secondary N) is 1. The van der Waals surface area contributed by atoms with Gasteiger partial charge in [-0.15, -0.1) is 0 Å². The first-order valence-corrected chi connectivity index (χ1v) is 9.41. The van der Waals surface area contributed by atoms with E-state index in [0.29, 0.717) is 17.0 Å². The number of anilines is 1. The zero-order chi connectivity index (χ0) is 16.7. The summed E-state index contributed by atoms with van der Waals surface area (Å²) in [5.41, 5.74) is 5.05. The molecular weight excluding hydrogens is 326 g/mol. The van der Waals surface area contributed by atoms with E-state index in [0.717, 1.165) is 24.2 Å². The van der Waals surface area contributed by atoms with E-state index in [1.54, 1.807) is 6.07 Å². The Hall–Kier alpha value is -1.33. The van der Waals surface area contributed by atoms with Gasteiger partial charge in [-0.3, -0.25) is 5.01 Å². The molecule has 2 heterocycles. The lowest BCUT2D eigenvalue weighted by atomic mass is 9.78. The van der Waals surface area contributed by atoms with E-state index in [-0.39, 0.29) is 11.7 Å². The van der Waals surface area contributed by atoms with Crippen molar-refractivity contribution in [3.05, 3.63) is 22.3 Å². The molecule has 6 heteroatoms. The summed E-state index contributed by atoms with van der Waals surface area (Å²) in [6.07, 6.45) is 9.85. The van der Waals surface area contributed by atoms with E-state index < -0.39 is 5.97 Å². The van der Waals surface area contributed by atoms with Crippen LogP contribution >= 0.6 is 11.6 Å². The highest BCUT2D eigenvalue weighted by atomic mass is 35.5. The fourth-order valence-electron chi connectivity index (χ4n) is 4.20. The fourth-order valence-corrected chi connectivity index (χ4v) is 4.50. The van der Waals surface area contributed by atoms with Crippen molar-refractivity contribution in [2.45, 2.75) is 63.5 Å². The van der Waals surface area contributed by atoms with Gasteiger partial charge in [-0.05, 0) is 37.7 Å². The smallest absolute Gasteiger partial charge is 0.356 e. The number of hydrazine groups is 1. The second-order valence-corrected chi connectivity index (χ2v) is 7.58. The number of carbonyl (C=O) groups is 1. The third kappa shape index (κ3) is 2.68. The Morgan fingerprint density at radius 2 is 2.00 bits per heavy atom. The number of methoxy groups -OCH3 is 1. The predicted molar refractivity (Wildman–Crippen MR) is 93.2 cm³/mol. The molecule has 1 unspecified atom stereocenters. The van der Waals surface area contributed by atoms with E-state index >= 15 is 0 Å². The van der Waals surface area contributed by atoms with E-state index in [4.69, 9.17) is 16.3 Å². The molecule has 5 nitrogen and oxygen atoms in total. The number of carbonyl (C=O) groups excluding carboxylic acids is 1. The highest BCUT2D eigenvalue weighted by Crippen LogP contribution is 2.48. The van der Waals surface area contributed by atoms with Gasteiger partial charge < -0.3 is 4.74 Å². The minimum atomic E-state index is -0.435. The van der Waals surface area contributed by atoms with Crippen LogP contribution in [0, 0.1) is 5.92 Å². The van der Waals surface area contributed by atoms with E-state index in [9.17, 15) is 4.79 Å². The second kappa shape index (κ2) is 6.52. The normalized spacial score (nSPS) is 24.6. The van der Waals surface area contributed by atoms with Crippen LogP contribution in [-0.4, -0.2) is 24.1 Å². The molecule has 0 spiro atoms. The first-order valence-electron chi connectivity index (χ1n) is 9.03. The summed E-state index contributed by atoms with van der Waals surface area (Å²) in [7, 11) is 1.37. The van der Waals surface area contributed by atoms with Gasteiger partial charge in [0.25, 0.3) is 0 Å². The number of nitrogens with zero attached hydrogens (tertiary/aromatic N) is 2. The fraction of sp³-hybridized carbons (Fsp3) is 0.667. The quantitative estimate of drug-likeness (QED) is 0.835. The third-order valence-corrected chi connectivity index (χ3v) is 6.07. The predicted octanol–water partition coefficient (Wildman–Crippen LogP) is 4.02. The Labute approximate surface area is 147 Å². The van der Waals surface area contributed by atoms with Crippen LogP contribution in [0.3, 0.4) is 0 Å². The Morgan fingerprint density at radius 1 is 1.25 bits per heavy atom. The summed E-state index contributed by atoms with van der Waals surface area (Å²) in [6, 6.07) is 2.31. The number of hydrogen-bond donors (Lipinski definition) is 1. The number of rotatable bonds is 3. The van der Waals surface area contributed by atoms with Crippen LogP contribution in [-0.2, 0) is 4.74 Å². The van der Waals surface area contributed by atoms with Crippen molar-refractivity contribution < 1.29 is 9.53 Å². The largest absolute Gasteiger partial charge is 0.464 e. The minimum absolute atomic E-state index is 0.224. The lowest BCUT2D eigenvalue weighted by Crippen LogP contribution is -2.46. The van der Waals surface area contributed by atoms with E-state index in [1.807, 2.05) is 0 Å². The van der Waals surface area contributed by atoms with Gasteiger partial charge in [-0.2, -0.15) is 0 Å². The van der Waals surface area contributed by atoms with Crippen LogP contribution < -0.4 is 10.4 Å². The molecule has 2 aliphatic carbocycles. The standard InChI is InChI=1S/C18H24ClN3O2/c1-24-18(23)14-10-13(19)15-16(11-6-5-7-11)21-22(17(15)20-14)12-8-3-2-4-9-12/h10-12,16,21H,2-9H2,1H3. The summed E-state index contributed by atoms with van der Waals surface area (Å²) in [5, 5.41) is 2.83. The molecule has 0 bridgehead atoms. The first kappa shape index (κ1) is 16.2. The summed E-state index contributed by atoms with van der Waals surface area (Å²) in [4.78, 5) is 16.6. The Bertz CT molecular complexity index is 641. The molecule has 1 aliphatic heterocycles. The first-order chi connectivity index (χ1) is 11.7. The summed E-state index contributed by atoms with van der Waals surface area (Å²) in [6.45, 7) is 0.